The first kappa shape index (κ1) is 8.78. The third kappa shape index (κ3) is 1.76. The Hall–Kier alpha value is -0.800. The number of halogens is 1. The van der Waals surface area contributed by atoms with E-state index in [0.29, 0.717) is 5.88 Å². The number of anilines is 1. The van der Waals surface area contributed by atoms with Gasteiger partial charge in [-0.15, -0.1) is 11.6 Å². The quantitative estimate of drug-likeness (QED) is 0.792. The monoisotopic (exact) mass is 212 g/mol. The van der Waals surface area contributed by atoms with E-state index in [9.17, 15) is 0 Å². The molecule has 68 valence electrons. The minimum atomic E-state index is 0.603. The standard InChI is InChI=1S/C9H9ClN2S/c10-5-6-11-9-7-3-1-2-4-8(7)13-12-9/h1-4H,5-6H2,(H,11,12). The Labute approximate surface area is 85.7 Å². The minimum absolute atomic E-state index is 0.603. The highest BCUT2D eigenvalue weighted by atomic mass is 35.5. The van der Waals surface area contributed by atoms with Crippen LogP contribution in [0.5, 0.6) is 0 Å². The van der Waals surface area contributed by atoms with Crippen LogP contribution in [-0.2, 0) is 0 Å². The van der Waals surface area contributed by atoms with Crippen molar-refractivity contribution in [3.63, 3.8) is 0 Å². The molecule has 2 aromatic rings. The van der Waals surface area contributed by atoms with Gasteiger partial charge in [0.2, 0.25) is 0 Å². The average Bonchev–Trinajstić information content (AvgIpc) is 2.58. The predicted molar refractivity (Wildman–Crippen MR) is 58.8 cm³/mol. The number of fused-ring (bicyclic) bond motifs is 1. The molecule has 4 heteroatoms. The van der Waals surface area contributed by atoms with E-state index >= 15 is 0 Å². The lowest BCUT2D eigenvalue weighted by molar-refractivity contribution is 1.21. The molecular weight excluding hydrogens is 204 g/mol. The number of nitrogens with one attached hydrogen (secondary N) is 1. The fraction of sp³-hybridized carbons (Fsp3) is 0.222. The first-order valence-corrected chi connectivity index (χ1v) is 5.37. The van der Waals surface area contributed by atoms with Gasteiger partial charge in [0.25, 0.3) is 0 Å². The molecule has 0 saturated heterocycles. The van der Waals surface area contributed by atoms with Crippen LogP contribution in [0.25, 0.3) is 10.1 Å². The number of alkyl halides is 1. The molecule has 0 atom stereocenters. The van der Waals surface area contributed by atoms with Gasteiger partial charge in [0.1, 0.15) is 5.82 Å². The van der Waals surface area contributed by atoms with Crippen LogP contribution in [0.15, 0.2) is 24.3 Å². The lowest BCUT2D eigenvalue weighted by Crippen LogP contribution is -2.02. The normalized spacial score (nSPS) is 10.5. The topological polar surface area (TPSA) is 24.9 Å². The lowest BCUT2D eigenvalue weighted by Gasteiger charge is -1.98. The van der Waals surface area contributed by atoms with E-state index in [1.54, 1.807) is 0 Å². The van der Waals surface area contributed by atoms with E-state index in [1.807, 2.05) is 12.1 Å². The predicted octanol–water partition coefficient (Wildman–Crippen LogP) is 2.95. The molecule has 1 aromatic carbocycles. The maximum Gasteiger partial charge on any atom is 0.147 e. The van der Waals surface area contributed by atoms with Gasteiger partial charge in [-0.1, -0.05) is 12.1 Å². The van der Waals surface area contributed by atoms with Crippen LogP contribution < -0.4 is 5.32 Å². The molecular formula is C9H9ClN2S. The summed E-state index contributed by atoms with van der Waals surface area (Å²) in [6.07, 6.45) is 0. The zero-order valence-corrected chi connectivity index (χ0v) is 8.53. The van der Waals surface area contributed by atoms with Crippen molar-refractivity contribution in [2.45, 2.75) is 0 Å². The molecule has 0 aliphatic rings. The van der Waals surface area contributed by atoms with Crippen molar-refractivity contribution in [3.8, 4) is 0 Å². The number of hydrogen-bond donors (Lipinski definition) is 1. The third-order valence-corrected chi connectivity index (χ3v) is 2.78. The average molecular weight is 213 g/mol. The largest absolute Gasteiger partial charge is 0.368 e. The molecule has 0 aliphatic carbocycles. The first-order valence-electron chi connectivity index (χ1n) is 4.06. The van der Waals surface area contributed by atoms with Crippen molar-refractivity contribution >= 4 is 39.0 Å². The summed E-state index contributed by atoms with van der Waals surface area (Å²) in [6.45, 7) is 0.759. The van der Waals surface area contributed by atoms with E-state index in [4.69, 9.17) is 11.6 Å². The summed E-state index contributed by atoms with van der Waals surface area (Å²) in [5, 5.41) is 4.36. The molecule has 1 N–H and O–H groups in total. The van der Waals surface area contributed by atoms with Crippen LogP contribution in [0.3, 0.4) is 0 Å². The van der Waals surface area contributed by atoms with Gasteiger partial charge in [-0.2, -0.15) is 4.37 Å². The van der Waals surface area contributed by atoms with E-state index in [0.717, 1.165) is 12.4 Å². The molecule has 2 nitrogen and oxygen atoms in total. The summed E-state index contributed by atoms with van der Waals surface area (Å²) in [4.78, 5) is 0. The molecule has 2 rings (SSSR count). The molecule has 13 heavy (non-hydrogen) atoms. The van der Waals surface area contributed by atoms with Crippen molar-refractivity contribution in [2.75, 3.05) is 17.7 Å². The van der Waals surface area contributed by atoms with Crippen molar-refractivity contribution in [1.29, 1.82) is 0 Å². The smallest absolute Gasteiger partial charge is 0.147 e. The van der Waals surface area contributed by atoms with E-state index in [-0.39, 0.29) is 0 Å². The second kappa shape index (κ2) is 3.94. The van der Waals surface area contributed by atoms with Crippen molar-refractivity contribution in [1.82, 2.24) is 4.37 Å². The Morgan fingerprint density at radius 2 is 2.23 bits per heavy atom. The lowest BCUT2D eigenvalue weighted by atomic mass is 10.3. The van der Waals surface area contributed by atoms with Gasteiger partial charge in [0.05, 0.1) is 4.70 Å². The van der Waals surface area contributed by atoms with E-state index in [1.165, 1.54) is 21.6 Å². The van der Waals surface area contributed by atoms with Crippen molar-refractivity contribution < 1.29 is 0 Å². The number of rotatable bonds is 3. The maximum atomic E-state index is 5.58. The van der Waals surface area contributed by atoms with Crippen molar-refractivity contribution in [3.05, 3.63) is 24.3 Å². The molecule has 0 bridgehead atoms. The fourth-order valence-electron chi connectivity index (χ4n) is 1.18. The zero-order chi connectivity index (χ0) is 9.10. The molecule has 0 unspecified atom stereocenters. The van der Waals surface area contributed by atoms with Gasteiger partial charge in [0.15, 0.2) is 0 Å². The van der Waals surface area contributed by atoms with Gasteiger partial charge >= 0.3 is 0 Å². The number of hydrogen-bond acceptors (Lipinski definition) is 3. The van der Waals surface area contributed by atoms with Gasteiger partial charge in [0, 0.05) is 17.8 Å². The van der Waals surface area contributed by atoms with Crippen molar-refractivity contribution in [2.24, 2.45) is 0 Å². The fourth-order valence-corrected chi connectivity index (χ4v) is 2.03. The van der Waals surface area contributed by atoms with Gasteiger partial charge in [-0.25, -0.2) is 0 Å². The van der Waals surface area contributed by atoms with Crippen LogP contribution in [0, 0.1) is 0 Å². The van der Waals surface area contributed by atoms with Gasteiger partial charge in [-0.3, -0.25) is 0 Å². The molecule has 1 heterocycles. The summed E-state index contributed by atoms with van der Waals surface area (Å²) >= 11 is 7.09. The highest BCUT2D eigenvalue weighted by Gasteiger charge is 2.02. The highest BCUT2D eigenvalue weighted by Crippen LogP contribution is 2.25. The summed E-state index contributed by atoms with van der Waals surface area (Å²) < 4.78 is 5.51. The molecule has 0 aliphatic heterocycles. The number of aromatic nitrogens is 1. The first-order chi connectivity index (χ1) is 6.42. The van der Waals surface area contributed by atoms with Crippen LogP contribution in [0.4, 0.5) is 5.82 Å². The van der Waals surface area contributed by atoms with E-state index in [2.05, 4.69) is 21.8 Å². The van der Waals surface area contributed by atoms with Crippen LogP contribution in [0.2, 0.25) is 0 Å². The second-order valence-electron chi connectivity index (χ2n) is 2.64. The minimum Gasteiger partial charge on any atom is -0.368 e. The van der Waals surface area contributed by atoms with Crippen LogP contribution >= 0.6 is 23.1 Å². The Morgan fingerprint density at radius 1 is 1.38 bits per heavy atom. The van der Waals surface area contributed by atoms with Gasteiger partial charge < -0.3 is 5.32 Å². The number of benzene rings is 1. The molecule has 0 radical (unpaired) electrons. The Kier molecular flexibility index (Phi) is 2.66. The Bertz CT molecular complexity index is 399. The summed E-state index contributed by atoms with van der Waals surface area (Å²) in [5.41, 5.74) is 0. The Morgan fingerprint density at radius 3 is 3.08 bits per heavy atom. The van der Waals surface area contributed by atoms with Gasteiger partial charge in [-0.05, 0) is 23.7 Å². The van der Waals surface area contributed by atoms with Crippen LogP contribution in [-0.4, -0.2) is 16.8 Å². The summed E-state index contributed by atoms with van der Waals surface area (Å²) in [6, 6.07) is 8.17. The third-order valence-electron chi connectivity index (χ3n) is 1.76. The summed E-state index contributed by atoms with van der Waals surface area (Å²) in [7, 11) is 0. The Balaban J connectivity index is 2.35. The SMILES string of the molecule is ClCCNc1nsc2ccccc12. The zero-order valence-electron chi connectivity index (χ0n) is 6.96. The maximum absolute atomic E-state index is 5.58. The molecule has 0 saturated carbocycles. The summed E-state index contributed by atoms with van der Waals surface area (Å²) in [5.74, 6) is 1.55. The van der Waals surface area contributed by atoms with E-state index < -0.39 is 0 Å². The molecule has 0 fully saturated rings. The number of nitrogens with zero attached hydrogens (tertiary/aromatic N) is 1. The highest BCUT2D eigenvalue weighted by molar-refractivity contribution is 7.13. The second-order valence-corrected chi connectivity index (χ2v) is 3.83. The molecule has 0 amide bonds. The molecule has 1 aromatic heterocycles. The molecule has 0 spiro atoms. The van der Waals surface area contributed by atoms with Crippen LogP contribution in [0.1, 0.15) is 0 Å².